The number of likely N-dealkylation sites (N-methyl/N-ethyl adjacent to an activating group) is 1. The second-order valence-electron chi connectivity index (χ2n) is 6.94. The number of rotatable bonds is 4. The Morgan fingerprint density at radius 3 is 2.64 bits per heavy atom. The van der Waals surface area contributed by atoms with E-state index in [1.165, 1.54) is 0 Å². The summed E-state index contributed by atoms with van der Waals surface area (Å²) in [6, 6.07) is 5.83. The number of piperazine rings is 1. The Balaban J connectivity index is 1.65. The molecule has 4 rings (SSSR count). The van der Waals surface area contributed by atoms with E-state index in [1.807, 2.05) is 42.0 Å². The summed E-state index contributed by atoms with van der Waals surface area (Å²) in [5, 5.41) is 5.72. The summed E-state index contributed by atoms with van der Waals surface area (Å²) >= 11 is 0. The third-order valence-corrected chi connectivity index (χ3v) is 5.03. The predicted molar refractivity (Wildman–Crippen MR) is 111 cm³/mol. The van der Waals surface area contributed by atoms with E-state index in [9.17, 15) is 4.79 Å². The highest BCUT2D eigenvalue weighted by Crippen LogP contribution is 2.31. The molecule has 28 heavy (non-hydrogen) atoms. The largest absolute Gasteiger partial charge is 0.354 e. The molecule has 0 saturated carbocycles. The molecule has 8 heteroatoms. The first-order chi connectivity index (χ1) is 13.7. The second kappa shape index (κ2) is 7.85. The molecule has 1 aliphatic rings. The predicted octanol–water partition coefficient (Wildman–Crippen LogP) is 2.29. The summed E-state index contributed by atoms with van der Waals surface area (Å²) in [4.78, 5) is 25.9. The molecule has 4 heterocycles. The minimum atomic E-state index is -0.248. The zero-order valence-corrected chi connectivity index (χ0v) is 16.2. The lowest BCUT2D eigenvalue weighted by atomic mass is 10.1. The SMILES string of the molecule is CCNC(=O)Nc1c(-c2ccc(N3CCN(C)CC3)nc2)ccn2ccnc12. The van der Waals surface area contributed by atoms with E-state index in [-0.39, 0.29) is 6.03 Å². The smallest absolute Gasteiger partial charge is 0.319 e. The van der Waals surface area contributed by atoms with Crippen LogP contribution in [0.2, 0.25) is 0 Å². The van der Waals surface area contributed by atoms with Crippen LogP contribution in [0.3, 0.4) is 0 Å². The summed E-state index contributed by atoms with van der Waals surface area (Å²) in [7, 11) is 2.14. The van der Waals surface area contributed by atoms with Crippen molar-refractivity contribution >= 4 is 23.2 Å². The lowest BCUT2D eigenvalue weighted by Gasteiger charge is -2.33. The average Bonchev–Trinajstić information content (AvgIpc) is 3.19. The maximum atomic E-state index is 12.2. The highest BCUT2D eigenvalue weighted by molar-refractivity contribution is 5.99. The first kappa shape index (κ1) is 18.2. The van der Waals surface area contributed by atoms with Gasteiger partial charge in [-0.15, -0.1) is 0 Å². The van der Waals surface area contributed by atoms with E-state index in [0.29, 0.717) is 17.9 Å². The Kier molecular flexibility index (Phi) is 5.12. The molecule has 146 valence electrons. The number of amides is 2. The number of carbonyl (C=O) groups excluding carboxylic acids is 1. The van der Waals surface area contributed by atoms with E-state index in [0.717, 1.165) is 43.1 Å². The maximum Gasteiger partial charge on any atom is 0.319 e. The molecule has 3 aromatic heterocycles. The Labute approximate surface area is 164 Å². The highest BCUT2D eigenvalue weighted by Gasteiger charge is 2.17. The van der Waals surface area contributed by atoms with Gasteiger partial charge in [0.05, 0.1) is 5.69 Å². The van der Waals surface area contributed by atoms with Gasteiger partial charge in [-0.2, -0.15) is 0 Å². The van der Waals surface area contributed by atoms with Crippen molar-refractivity contribution in [1.29, 1.82) is 0 Å². The summed E-state index contributed by atoms with van der Waals surface area (Å²) < 4.78 is 1.89. The van der Waals surface area contributed by atoms with E-state index in [1.54, 1.807) is 6.20 Å². The molecular formula is C20H25N7O. The van der Waals surface area contributed by atoms with Crippen LogP contribution in [0.25, 0.3) is 16.8 Å². The Bertz CT molecular complexity index is 958. The Morgan fingerprint density at radius 2 is 1.93 bits per heavy atom. The standard InChI is InChI=1S/C20H25N7O/c1-3-21-20(28)24-18-16(6-8-27-9-7-22-19(18)27)15-4-5-17(23-14-15)26-12-10-25(2)11-13-26/h4-9,14H,3,10-13H2,1-2H3,(H2,21,24,28). The van der Waals surface area contributed by atoms with Gasteiger partial charge in [0, 0.05) is 68.6 Å². The van der Waals surface area contributed by atoms with Crippen molar-refractivity contribution in [1.82, 2.24) is 24.6 Å². The van der Waals surface area contributed by atoms with Gasteiger partial charge in [-0.3, -0.25) is 0 Å². The number of nitrogens with one attached hydrogen (secondary N) is 2. The molecule has 0 radical (unpaired) electrons. The number of hydrogen-bond acceptors (Lipinski definition) is 5. The highest BCUT2D eigenvalue weighted by atomic mass is 16.2. The molecule has 0 aliphatic carbocycles. The molecule has 0 unspecified atom stereocenters. The number of imidazole rings is 1. The number of anilines is 2. The van der Waals surface area contributed by atoms with Crippen LogP contribution in [0.5, 0.6) is 0 Å². The van der Waals surface area contributed by atoms with E-state index < -0.39 is 0 Å². The minimum absolute atomic E-state index is 0.248. The molecule has 1 saturated heterocycles. The number of aromatic nitrogens is 3. The van der Waals surface area contributed by atoms with Crippen LogP contribution in [-0.2, 0) is 0 Å². The van der Waals surface area contributed by atoms with Crippen molar-refractivity contribution in [2.24, 2.45) is 0 Å². The number of carbonyl (C=O) groups is 1. The molecule has 0 spiro atoms. The van der Waals surface area contributed by atoms with Gasteiger partial charge >= 0.3 is 6.03 Å². The molecule has 1 fully saturated rings. The van der Waals surface area contributed by atoms with Crippen LogP contribution in [0.1, 0.15) is 6.92 Å². The van der Waals surface area contributed by atoms with Gasteiger partial charge in [0.15, 0.2) is 5.65 Å². The molecule has 0 aromatic carbocycles. The summed E-state index contributed by atoms with van der Waals surface area (Å²) in [6.07, 6.45) is 7.38. The fourth-order valence-electron chi connectivity index (χ4n) is 3.44. The molecule has 0 bridgehead atoms. The van der Waals surface area contributed by atoms with Gasteiger partial charge in [-0.1, -0.05) is 0 Å². The van der Waals surface area contributed by atoms with Crippen LogP contribution < -0.4 is 15.5 Å². The fourth-order valence-corrected chi connectivity index (χ4v) is 3.44. The number of hydrogen-bond donors (Lipinski definition) is 2. The van der Waals surface area contributed by atoms with Crippen molar-refractivity contribution in [2.75, 3.05) is 50.0 Å². The molecule has 1 aliphatic heterocycles. The molecular weight excluding hydrogens is 354 g/mol. The minimum Gasteiger partial charge on any atom is -0.354 e. The van der Waals surface area contributed by atoms with Gasteiger partial charge in [-0.25, -0.2) is 14.8 Å². The van der Waals surface area contributed by atoms with Gasteiger partial charge < -0.3 is 24.8 Å². The van der Waals surface area contributed by atoms with E-state index >= 15 is 0 Å². The van der Waals surface area contributed by atoms with Crippen molar-refractivity contribution in [3.05, 3.63) is 43.0 Å². The van der Waals surface area contributed by atoms with Gasteiger partial charge in [0.2, 0.25) is 0 Å². The quantitative estimate of drug-likeness (QED) is 0.727. The zero-order chi connectivity index (χ0) is 19.5. The average molecular weight is 379 g/mol. The lowest BCUT2D eigenvalue weighted by molar-refractivity contribution is 0.252. The number of nitrogens with zero attached hydrogens (tertiary/aromatic N) is 5. The fraction of sp³-hybridized carbons (Fsp3) is 0.350. The van der Waals surface area contributed by atoms with E-state index in [4.69, 9.17) is 0 Å². The molecule has 0 atom stereocenters. The van der Waals surface area contributed by atoms with Gasteiger partial charge in [0.25, 0.3) is 0 Å². The number of fused-ring (bicyclic) bond motifs is 1. The van der Waals surface area contributed by atoms with Crippen LogP contribution >= 0.6 is 0 Å². The Morgan fingerprint density at radius 1 is 1.11 bits per heavy atom. The van der Waals surface area contributed by atoms with Crippen LogP contribution in [0.15, 0.2) is 43.0 Å². The summed E-state index contributed by atoms with van der Waals surface area (Å²) in [5.41, 5.74) is 3.21. The van der Waals surface area contributed by atoms with E-state index in [2.05, 4.69) is 43.5 Å². The molecule has 8 nitrogen and oxygen atoms in total. The topological polar surface area (TPSA) is 77.8 Å². The molecule has 2 amide bonds. The number of pyridine rings is 2. The second-order valence-corrected chi connectivity index (χ2v) is 6.94. The van der Waals surface area contributed by atoms with Crippen molar-refractivity contribution < 1.29 is 4.79 Å². The monoisotopic (exact) mass is 379 g/mol. The third kappa shape index (κ3) is 3.63. The maximum absolute atomic E-state index is 12.2. The molecule has 2 N–H and O–H groups in total. The van der Waals surface area contributed by atoms with Crippen LogP contribution in [-0.4, -0.2) is 65.1 Å². The van der Waals surface area contributed by atoms with Gasteiger partial charge in [0.1, 0.15) is 5.82 Å². The van der Waals surface area contributed by atoms with Crippen LogP contribution in [0, 0.1) is 0 Å². The number of urea groups is 1. The van der Waals surface area contributed by atoms with Crippen LogP contribution in [0.4, 0.5) is 16.3 Å². The van der Waals surface area contributed by atoms with Crippen molar-refractivity contribution in [3.8, 4) is 11.1 Å². The third-order valence-electron chi connectivity index (χ3n) is 5.03. The summed E-state index contributed by atoms with van der Waals surface area (Å²) in [6.45, 7) is 6.48. The molecule has 3 aromatic rings. The zero-order valence-electron chi connectivity index (χ0n) is 16.2. The summed E-state index contributed by atoms with van der Waals surface area (Å²) in [5.74, 6) is 0.983. The lowest BCUT2D eigenvalue weighted by Crippen LogP contribution is -2.44. The van der Waals surface area contributed by atoms with Crippen molar-refractivity contribution in [3.63, 3.8) is 0 Å². The normalized spacial score (nSPS) is 15.0. The first-order valence-electron chi connectivity index (χ1n) is 9.56. The first-order valence-corrected chi connectivity index (χ1v) is 9.56. The Hall–Kier alpha value is -3.13. The van der Waals surface area contributed by atoms with Gasteiger partial charge in [-0.05, 0) is 32.2 Å². The van der Waals surface area contributed by atoms with Crippen molar-refractivity contribution in [2.45, 2.75) is 6.92 Å².